The Balaban J connectivity index is 1.86. The number of hydrogen-bond acceptors (Lipinski definition) is 3. The van der Waals surface area contributed by atoms with Crippen molar-refractivity contribution in [3.8, 4) is 11.8 Å². The molecule has 7 rings (SSSR count). The van der Waals surface area contributed by atoms with Crippen molar-refractivity contribution in [1.82, 2.24) is 4.57 Å². The molecule has 3 aromatic heterocycles. The van der Waals surface area contributed by atoms with Gasteiger partial charge in [-0.2, -0.15) is 5.26 Å². The Morgan fingerprint density at radius 2 is 1.64 bits per heavy atom. The molecule has 0 saturated heterocycles. The first-order chi connectivity index (χ1) is 17.7. The van der Waals surface area contributed by atoms with E-state index >= 15 is 0 Å². The molecule has 0 N–H and O–H groups in total. The van der Waals surface area contributed by atoms with Gasteiger partial charge in [-0.15, -0.1) is 0 Å². The van der Waals surface area contributed by atoms with E-state index in [0.717, 1.165) is 71.7 Å². The van der Waals surface area contributed by atoms with Gasteiger partial charge in [-0.25, -0.2) is 0 Å². The fourth-order valence-corrected chi connectivity index (χ4v) is 5.49. The minimum absolute atomic E-state index is 0.602. The van der Waals surface area contributed by atoms with Crippen molar-refractivity contribution in [2.45, 2.75) is 6.92 Å². The van der Waals surface area contributed by atoms with Crippen LogP contribution in [0.1, 0.15) is 23.8 Å². The molecule has 0 radical (unpaired) electrons. The lowest BCUT2D eigenvalue weighted by Crippen LogP contribution is -1.95. The summed E-state index contributed by atoms with van der Waals surface area (Å²) in [6.07, 6.45) is 5.81. The van der Waals surface area contributed by atoms with Crippen molar-refractivity contribution >= 4 is 66.9 Å². The fourth-order valence-electron chi connectivity index (χ4n) is 5.49. The Hall–Kier alpha value is -5.01. The predicted octanol–water partition coefficient (Wildman–Crippen LogP) is 8.98. The van der Waals surface area contributed by atoms with Crippen LogP contribution in [0.15, 0.2) is 94.3 Å². The topological polar surface area (TPSA) is 55.0 Å². The molecular formula is C32H20N2O2. The van der Waals surface area contributed by atoms with Crippen molar-refractivity contribution < 1.29 is 8.83 Å². The first kappa shape index (κ1) is 20.4. The second-order valence-corrected chi connectivity index (χ2v) is 8.83. The van der Waals surface area contributed by atoms with E-state index in [1.807, 2.05) is 79.7 Å². The van der Waals surface area contributed by atoms with Gasteiger partial charge < -0.3 is 13.4 Å². The van der Waals surface area contributed by atoms with Crippen LogP contribution in [-0.4, -0.2) is 4.57 Å². The molecule has 0 atom stereocenters. The molecule has 0 saturated carbocycles. The molecule has 4 nitrogen and oxygen atoms in total. The van der Waals surface area contributed by atoms with Crippen LogP contribution in [0.4, 0.5) is 0 Å². The molecule has 3 heterocycles. The summed E-state index contributed by atoms with van der Waals surface area (Å²) in [6, 6.07) is 26.4. The maximum absolute atomic E-state index is 9.61. The number of hydrogen-bond donors (Lipinski definition) is 0. The van der Waals surface area contributed by atoms with Crippen LogP contribution < -0.4 is 0 Å². The summed E-state index contributed by atoms with van der Waals surface area (Å²) in [6.45, 7) is 6.12. The Bertz CT molecular complexity index is 2090. The van der Waals surface area contributed by atoms with Crippen molar-refractivity contribution in [3.63, 3.8) is 0 Å². The van der Waals surface area contributed by atoms with E-state index in [-0.39, 0.29) is 0 Å². The molecule has 0 bridgehead atoms. The first-order valence-electron chi connectivity index (χ1n) is 11.8. The maximum atomic E-state index is 9.61. The molecule has 36 heavy (non-hydrogen) atoms. The summed E-state index contributed by atoms with van der Waals surface area (Å²) in [7, 11) is 0. The number of aromatic nitrogens is 1. The summed E-state index contributed by atoms with van der Waals surface area (Å²) in [5, 5.41) is 14.7. The summed E-state index contributed by atoms with van der Waals surface area (Å²) >= 11 is 0. The maximum Gasteiger partial charge on any atom is 0.149 e. The molecule has 0 aliphatic heterocycles. The van der Waals surface area contributed by atoms with Gasteiger partial charge in [0.2, 0.25) is 0 Å². The second kappa shape index (κ2) is 7.49. The van der Waals surface area contributed by atoms with Gasteiger partial charge in [0.15, 0.2) is 0 Å². The Morgan fingerprint density at radius 1 is 0.861 bits per heavy atom. The molecule has 7 aromatic rings. The summed E-state index contributed by atoms with van der Waals surface area (Å²) < 4.78 is 15.3. The van der Waals surface area contributed by atoms with Crippen molar-refractivity contribution in [2.24, 2.45) is 0 Å². The molecule has 0 aliphatic carbocycles. The highest BCUT2D eigenvalue weighted by Crippen LogP contribution is 2.48. The van der Waals surface area contributed by atoms with Gasteiger partial charge >= 0.3 is 0 Å². The molecule has 0 unspecified atom stereocenters. The number of allylic oxidation sites excluding steroid dienone is 1. The van der Waals surface area contributed by atoms with Crippen LogP contribution in [0.25, 0.3) is 72.6 Å². The van der Waals surface area contributed by atoms with Gasteiger partial charge in [0.05, 0.1) is 38.8 Å². The van der Waals surface area contributed by atoms with E-state index in [2.05, 4.69) is 35.4 Å². The number of nitrogens with zero attached hydrogens (tertiary/aromatic N) is 2. The van der Waals surface area contributed by atoms with Crippen LogP contribution in [0, 0.1) is 11.3 Å². The van der Waals surface area contributed by atoms with E-state index in [9.17, 15) is 5.26 Å². The average molecular weight is 465 g/mol. The minimum Gasteiger partial charge on any atom is -0.455 e. The zero-order valence-electron chi connectivity index (χ0n) is 19.6. The summed E-state index contributed by atoms with van der Waals surface area (Å²) in [4.78, 5) is 0. The number of nitriles is 1. The smallest absolute Gasteiger partial charge is 0.149 e. The van der Waals surface area contributed by atoms with Gasteiger partial charge in [0, 0.05) is 22.0 Å². The Labute approximate surface area is 206 Å². The van der Waals surface area contributed by atoms with E-state index in [1.54, 1.807) is 0 Å². The number of para-hydroxylation sites is 2. The molecule has 0 amide bonds. The Morgan fingerprint density at radius 3 is 2.44 bits per heavy atom. The normalized spacial score (nSPS) is 12.0. The van der Waals surface area contributed by atoms with Crippen LogP contribution in [0.2, 0.25) is 0 Å². The lowest BCUT2D eigenvalue weighted by Gasteiger charge is -2.09. The zero-order valence-corrected chi connectivity index (χ0v) is 19.6. The van der Waals surface area contributed by atoms with Crippen molar-refractivity contribution in [1.29, 1.82) is 5.26 Å². The highest BCUT2D eigenvalue weighted by Gasteiger charge is 2.27. The largest absolute Gasteiger partial charge is 0.455 e. The lowest BCUT2D eigenvalue weighted by atomic mass is 10.0. The van der Waals surface area contributed by atoms with Crippen LogP contribution in [0.3, 0.4) is 0 Å². The van der Waals surface area contributed by atoms with E-state index in [0.29, 0.717) is 5.56 Å². The van der Waals surface area contributed by atoms with Gasteiger partial charge in [-0.3, -0.25) is 0 Å². The summed E-state index contributed by atoms with van der Waals surface area (Å²) in [5.41, 5.74) is 6.82. The monoisotopic (exact) mass is 464 g/mol. The molecule has 0 aliphatic rings. The first-order valence-corrected chi connectivity index (χ1v) is 11.8. The van der Waals surface area contributed by atoms with Gasteiger partial charge in [-0.05, 0) is 43.3 Å². The quantitative estimate of drug-likeness (QED) is 0.262. The molecule has 4 heteroatoms. The molecule has 0 fully saturated rings. The van der Waals surface area contributed by atoms with E-state index in [1.165, 1.54) is 0 Å². The van der Waals surface area contributed by atoms with Crippen LogP contribution >= 0.6 is 0 Å². The number of fused-ring (bicyclic) bond motifs is 10. The third kappa shape index (κ3) is 2.57. The molecule has 0 spiro atoms. The standard InChI is InChI=1S/C32H20N2O2/c1-3-10-25-21(4-2)27-30-28(32-29(31(27)35-25)23-14-6-8-16-26(23)36-32)22-13-5-7-15-24(22)34(30)20-12-9-11-19(17-20)18-33/h3-17H,2H2,1H3/b10-3-. The van der Waals surface area contributed by atoms with Gasteiger partial charge in [0.1, 0.15) is 22.5 Å². The third-order valence-electron chi connectivity index (χ3n) is 6.89. The van der Waals surface area contributed by atoms with Crippen molar-refractivity contribution in [2.75, 3.05) is 0 Å². The number of furan rings is 2. The van der Waals surface area contributed by atoms with E-state index < -0.39 is 0 Å². The van der Waals surface area contributed by atoms with Crippen molar-refractivity contribution in [3.05, 3.63) is 102 Å². The highest BCUT2D eigenvalue weighted by molar-refractivity contribution is 6.35. The molecule has 4 aromatic carbocycles. The van der Waals surface area contributed by atoms with Gasteiger partial charge in [-0.1, -0.05) is 61.2 Å². The van der Waals surface area contributed by atoms with Gasteiger partial charge in [0.25, 0.3) is 0 Å². The fraction of sp³-hybridized carbons (Fsp3) is 0.0312. The Kier molecular flexibility index (Phi) is 4.24. The minimum atomic E-state index is 0.602. The number of benzene rings is 4. The lowest BCUT2D eigenvalue weighted by molar-refractivity contribution is 0.606. The zero-order chi connectivity index (χ0) is 24.4. The van der Waals surface area contributed by atoms with E-state index in [4.69, 9.17) is 8.83 Å². The second-order valence-electron chi connectivity index (χ2n) is 8.83. The summed E-state index contributed by atoms with van der Waals surface area (Å²) in [5.74, 6) is 0.754. The van der Waals surface area contributed by atoms with Crippen LogP contribution in [0.5, 0.6) is 0 Å². The SMILES string of the molecule is C=Cc1c(/C=C\C)oc2c1c1c(c3ccccc3n1-c1cccc(C#N)c1)c1oc3ccccc3c21. The predicted molar refractivity (Wildman–Crippen MR) is 147 cm³/mol. The average Bonchev–Trinajstić information content (AvgIpc) is 3.58. The van der Waals surface area contributed by atoms with Crippen LogP contribution in [-0.2, 0) is 0 Å². The third-order valence-corrected chi connectivity index (χ3v) is 6.89. The highest BCUT2D eigenvalue weighted by atomic mass is 16.3. The number of rotatable bonds is 3. The molecule has 170 valence electrons. The molecular weight excluding hydrogens is 444 g/mol.